The number of nitrogens with one attached hydrogen (secondary N) is 2. The van der Waals surface area contributed by atoms with Crippen LogP contribution in [0.25, 0.3) is 10.2 Å². The molecule has 0 unspecified atom stereocenters. The normalized spacial score (nSPS) is 10.7. The van der Waals surface area contributed by atoms with Gasteiger partial charge in [0.05, 0.1) is 10.2 Å². The van der Waals surface area contributed by atoms with E-state index < -0.39 is 0 Å². The van der Waals surface area contributed by atoms with Gasteiger partial charge in [-0.25, -0.2) is 4.98 Å². The lowest BCUT2D eigenvalue weighted by molar-refractivity contribution is 0.0962. The molecule has 1 amide bonds. The van der Waals surface area contributed by atoms with E-state index in [1.165, 1.54) is 11.3 Å². The lowest BCUT2D eigenvalue weighted by Crippen LogP contribution is -2.29. The van der Waals surface area contributed by atoms with Crippen molar-refractivity contribution in [3.63, 3.8) is 0 Å². The Kier molecular flexibility index (Phi) is 4.75. The van der Waals surface area contributed by atoms with Crippen molar-refractivity contribution in [1.82, 2.24) is 10.4 Å². The van der Waals surface area contributed by atoms with Gasteiger partial charge in [0.15, 0.2) is 0 Å². The zero-order valence-corrected chi connectivity index (χ0v) is 14.9. The Balaban J connectivity index is 1.75. The first-order chi connectivity index (χ1) is 11.1. The van der Waals surface area contributed by atoms with Gasteiger partial charge in [-0.3, -0.25) is 15.6 Å². The van der Waals surface area contributed by atoms with E-state index in [0.29, 0.717) is 15.7 Å². The van der Waals surface area contributed by atoms with E-state index in [9.17, 15) is 4.79 Å². The zero-order chi connectivity index (χ0) is 16.4. The van der Waals surface area contributed by atoms with Crippen LogP contribution in [0.1, 0.15) is 15.9 Å². The van der Waals surface area contributed by atoms with Crippen LogP contribution < -0.4 is 10.9 Å². The number of aryl methyl sites for hydroxylation is 1. The molecule has 118 valence electrons. The number of rotatable bonds is 4. The number of benzene rings is 2. The summed E-state index contributed by atoms with van der Waals surface area (Å²) in [7, 11) is 0. The van der Waals surface area contributed by atoms with E-state index in [-0.39, 0.29) is 5.91 Å². The summed E-state index contributed by atoms with van der Waals surface area (Å²) < 4.78 is 1.02. The van der Waals surface area contributed by atoms with Crippen molar-refractivity contribution in [3.05, 3.63) is 52.5 Å². The second-order valence-corrected chi connectivity index (χ2v) is 7.17. The predicted molar refractivity (Wildman–Crippen MR) is 98.7 cm³/mol. The molecule has 1 heterocycles. The molecule has 1 aromatic heterocycles. The van der Waals surface area contributed by atoms with E-state index in [4.69, 9.17) is 11.6 Å². The van der Waals surface area contributed by atoms with Gasteiger partial charge in [-0.2, -0.15) is 0 Å². The maximum absolute atomic E-state index is 12.2. The molecule has 0 aliphatic carbocycles. The van der Waals surface area contributed by atoms with Gasteiger partial charge in [0, 0.05) is 15.5 Å². The molecule has 0 saturated heterocycles. The summed E-state index contributed by atoms with van der Waals surface area (Å²) in [6, 6.07) is 11.2. The van der Waals surface area contributed by atoms with Crippen LogP contribution in [0.3, 0.4) is 0 Å². The van der Waals surface area contributed by atoms with Crippen molar-refractivity contribution in [2.45, 2.75) is 11.8 Å². The van der Waals surface area contributed by atoms with Crippen LogP contribution >= 0.6 is 34.7 Å². The molecular weight excluding hydrogens is 350 g/mol. The van der Waals surface area contributed by atoms with Crippen LogP contribution in [0.5, 0.6) is 0 Å². The molecule has 0 aliphatic heterocycles. The maximum Gasteiger partial charge on any atom is 0.269 e. The van der Waals surface area contributed by atoms with Crippen LogP contribution in [-0.4, -0.2) is 17.1 Å². The number of halogens is 1. The van der Waals surface area contributed by atoms with Crippen molar-refractivity contribution >= 4 is 56.0 Å². The summed E-state index contributed by atoms with van der Waals surface area (Å²) in [4.78, 5) is 17.7. The highest BCUT2D eigenvalue weighted by atomic mass is 35.5. The largest absolute Gasteiger partial charge is 0.273 e. The summed E-state index contributed by atoms with van der Waals surface area (Å²) in [5.74, 6) is -0.199. The molecule has 3 aromatic rings. The number of amides is 1. The fraction of sp³-hybridized carbons (Fsp3) is 0.125. The number of anilines is 1. The van der Waals surface area contributed by atoms with E-state index in [1.54, 1.807) is 17.8 Å². The second kappa shape index (κ2) is 6.78. The molecule has 3 rings (SSSR count). The molecule has 7 heteroatoms. The minimum atomic E-state index is -0.199. The van der Waals surface area contributed by atoms with Gasteiger partial charge in [0.25, 0.3) is 5.91 Å². The van der Waals surface area contributed by atoms with E-state index in [0.717, 1.165) is 20.7 Å². The highest BCUT2D eigenvalue weighted by molar-refractivity contribution is 7.98. The highest BCUT2D eigenvalue weighted by Gasteiger charge is 2.10. The fourth-order valence-electron chi connectivity index (χ4n) is 2.10. The van der Waals surface area contributed by atoms with Crippen molar-refractivity contribution < 1.29 is 4.79 Å². The summed E-state index contributed by atoms with van der Waals surface area (Å²) in [5.41, 5.74) is 7.94. The van der Waals surface area contributed by atoms with Crippen molar-refractivity contribution in [1.29, 1.82) is 0 Å². The third-order valence-corrected chi connectivity index (χ3v) is 5.43. The first-order valence-electron chi connectivity index (χ1n) is 6.84. The quantitative estimate of drug-likeness (QED) is 0.519. The van der Waals surface area contributed by atoms with Crippen molar-refractivity contribution in [2.75, 3.05) is 11.7 Å². The number of hydrogen-bond acceptors (Lipinski definition) is 5. The molecule has 0 bridgehead atoms. The molecule has 0 aliphatic rings. The molecule has 0 fully saturated rings. The summed E-state index contributed by atoms with van der Waals surface area (Å²) in [6.07, 6.45) is 1.98. The molecule has 2 N–H and O–H groups in total. The molecule has 0 atom stereocenters. The van der Waals surface area contributed by atoms with Crippen LogP contribution in [0.15, 0.2) is 41.3 Å². The van der Waals surface area contributed by atoms with Crippen LogP contribution in [-0.2, 0) is 0 Å². The number of carbonyl (C=O) groups is 1. The Morgan fingerprint density at radius 3 is 2.91 bits per heavy atom. The van der Waals surface area contributed by atoms with Crippen LogP contribution in [0.2, 0.25) is 5.02 Å². The second-order valence-electron chi connectivity index (χ2n) is 4.85. The van der Waals surface area contributed by atoms with Gasteiger partial charge in [0.2, 0.25) is 5.13 Å². The van der Waals surface area contributed by atoms with Gasteiger partial charge in [-0.1, -0.05) is 29.0 Å². The lowest BCUT2D eigenvalue weighted by atomic mass is 10.2. The summed E-state index contributed by atoms with van der Waals surface area (Å²) >= 11 is 9.17. The first kappa shape index (κ1) is 16.1. The molecule has 2 aromatic carbocycles. The number of thioether (sulfide) groups is 1. The monoisotopic (exact) mass is 363 g/mol. The van der Waals surface area contributed by atoms with Gasteiger partial charge >= 0.3 is 0 Å². The molecule has 23 heavy (non-hydrogen) atoms. The number of aromatic nitrogens is 1. The van der Waals surface area contributed by atoms with Crippen molar-refractivity contribution in [3.8, 4) is 0 Å². The molecule has 0 radical (unpaired) electrons. The topological polar surface area (TPSA) is 54.0 Å². The Bertz CT molecular complexity index is 879. The average Bonchev–Trinajstić information content (AvgIpc) is 3.00. The molecular formula is C16H14ClN3OS2. The predicted octanol–water partition coefficient (Wildman–Crippen LogP) is 4.74. The molecule has 0 spiro atoms. The summed E-state index contributed by atoms with van der Waals surface area (Å²) in [5, 5.41) is 1.31. The van der Waals surface area contributed by atoms with Gasteiger partial charge < -0.3 is 0 Å². The van der Waals surface area contributed by atoms with E-state index in [1.807, 2.05) is 43.5 Å². The first-order valence-corrected chi connectivity index (χ1v) is 9.26. The summed E-state index contributed by atoms with van der Waals surface area (Å²) in [6.45, 7) is 1.93. The van der Waals surface area contributed by atoms with Crippen LogP contribution in [0.4, 0.5) is 5.13 Å². The molecule has 0 saturated carbocycles. The Morgan fingerprint density at radius 2 is 2.13 bits per heavy atom. The number of hydrogen-bond donors (Lipinski definition) is 2. The van der Waals surface area contributed by atoms with E-state index >= 15 is 0 Å². The SMILES string of the molecule is CSc1cccc(C(=O)NNc2nc3c(C)c(Cl)ccc3s2)c1. The molecule has 4 nitrogen and oxygen atoms in total. The van der Waals surface area contributed by atoms with Gasteiger partial charge in [-0.15, -0.1) is 11.8 Å². The van der Waals surface area contributed by atoms with Gasteiger partial charge in [-0.05, 0) is 49.1 Å². The highest BCUT2D eigenvalue weighted by Crippen LogP contribution is 2.31. The van der Waals surface area contributed by atoms with E-state index in [2.05, 4.69) is 15.8 Å². The third-order valence-electron chi connectivity index (χ3n) is 3.36. The van der Waals surface area contributed by atoms with Crippen LogP contribution in [0, 0.1) is 6.92 Å². The number of fused-ring (bicyclic) bond motifs is 1. The minimum Gasteiger partial charge on any atom is -0.273 e. The van der Waals surface area contributed by atoms with Gasteiger partial charge in [0.1, 0.15) is 0 Å². The fourth-order valence-corrected chi connectivity index (χ4v) is 3.59. The average molecular weight is 364 g/mol. The number of hydrazine groups is 1. The van der Waals surface area contributed by atoms with Crippen molar-refractivity contribution in [2.24, 2.45) is 0 Å². The maximum atomic E-state index is 12.2. The Labute approximate surface area is 147 Å². The number of thiazole rings is 1. The Morgan fingerprint density at radius 1 is 1.30 bits per heavy atom. The third kappa shape index (κ3) is 3.44. The minimum absolute atomic E-state index is 0.199. The standard InChI is InChI=1S/C16H14ClN3OS2/c1-9-12(17)6-7-13-14(9)18-16(23-13)20-19-15(21)10-4-3-5-11(8-10)22-2/h3-8H,1-2H3,(H,18,20)(H,19,21). The number of carbonyl (C=O) groups excluding carboxylic acids is 1. The lowest BCUT2D eigenvalue weighted by Gasteiger charge is -2.06. The Hall–Kier alpha value is -1.76. The zero-order valence-electron chi connectivity index (χ0n) is 12.5. The number of nitrogens with zero attached hydrogens (tertiary/aromatic N) is 1. The smallest absolute Gasteiger partial charge is 0.269 e.